The lowest BCUT2D eigenvalue weighted by atomic mass is 9.90. The molecule has 1 aliphatic rings. The molecule has 1 aliphatic heterocycles. The molecule has 1 heterocycles. The summed E-state index contributed by atoms with van der Waals surface area (Å²) in [6, 6.07) is 10.3. The number of carbonyl (C=O) groups excluding carboxylic acids is 1. The van der Waals surface area contributed by atoms with Crippen LogP contribution in [0.3, 0.4) is 0 Å². The summed E-state index contributed by atoms with van der Waals surface area (Å²) in [6.07, 6.45) is 4.26. The fourth-order valence-corrected chi connectivity index (χ4v) is 3.07. The summed E-state index contributed by atoms with van der Waals surface area (Å²) in [7, 11) is 0. The number of aliphatic hydroxyl groups is 1. The molecule has 0 radical (unpaired) electrons. The van der Waals surface area contributed by atoms with Gasteiger partial charge in [0.15, 0.2) is 5.60 Å². The van der Waals surface area contributed by atoms with Gasteiger partial charge in [0.25, 0.3) is 5.91 Å². The van der Waals surface area contributed by atoms with Crippen LogP contribution in [0.15, 0.2) is 30.3 Å². The molecule has 134 valence electrons. The average molecular weight is 332 g/mol. The van der Waals surface area contributed by atoms with E-state index < -0.39 is 5.60 Å². The van der Waals surface area contributed by atoms with Crippen LogP contribution in [0.1, 0.15) is 52.0 Å². The van der Waals surface area contributed by atoms with Gasteiger partial charge in [0.2, 0.25) is 0 Å². The van der Waals surface area contributed by atoms with E-state index in [1.165, 1.54) is 5.56 Å². The number of carbonyl (C=O) groups is 1. The molecule has 4 heteroatoms. The third-order valence-corrected chi connectivity index (χ3v) is 5.18. The van der Waals surface area contributed by atoms with Crippen LogP contribution in [0, 0.1) is 0 Å². The van der Waals surface area contributed by atoms with Gasteiger partial charge in [-0.05, 0) is 51.5 Å². The number of benzene rings is 1. The Bertz CT molecular complexity index is 530. The zero-order valence-electron chi connectivity index (χ0n) is 15.3. The molecule has 4 nitrogen and oxygen atoms in total. The quantitative estimate of drug-likeness (QED) is 0.770. The van der Waals surface area contributed by atoms with E-state index in [0.29, 0.717) is 19.5 Å². The first-order valence-corrected chi connectivity index (χ1v) is 9.17. The Morgan fingerprint density at radius 3 is 2.67 bits per heavy atom. The Hall–Kier alpha value is -1.39. The smallest absolute Gasteiger partial charge is 0.255 e. The van der Waals surface area contributed by atoms with Crippen molar-refractivity contribution < 1.29 is 9.90 Å². The topological polar surface area (TPSA) is 52.6 Å². The van der Waals surface area contributed by atoms with Crippen LogP contribution in [0.4, 0.5) is 0 Å². The Balaban J connectivity index is 1.87. The second-order valence-corrected chi connectivity index (χ2v) is 7.61. The third kappa shape index (κ3) is 5.05. The van der Waals surface area contributed by atoms with Gasteiger partial charge in [-0.1, -0.05) is 37.3 Å². The lowest BCUT2D eigenvalue weighted by Crippen LogP contribution is -2.60. The van der Waals surface area contributed by atoms with Crippen LogP contribution in [0.2, 0.25) is 0 Å². The third-order valence-electron chi connectivity index (χ3n) is 5.18. The zero-order chi connectivity index (χ0) is 17.6. The molecule has 0 aromatic heterocycles. The molecule has 1 unspecified atom stereocenters. The molecule has 1 amide bonds. The lowest BCUT2D eigenvalue weighted by molar-refractivity contribution is -0.157. The van der Waals surface area contributed by atoms with Gasteiger partial charge in [-0.2, -0.15) is 0 Å². The van der Waals surface area contributed by atoms with Crippen LogP contribution in [-0.2, 0) is 11.2 Å². The van der Waals surface area contributed by atoms with Crippen molar-refractivity contribution in [3.05, 3.63) is 35.9 Å². The second-order valence-electron chi connectivity index (χ2n) is 7.61. The molecule has 24 heavy (non-hydrogen) atoms. The summed E-state index contributed by atoms with van der Waals surface area (Å²) < 4.78 is 0. The van der Waals surface area contributed by atoms with Crippen molar-refractivity contribution >= 4 is 5.91 Å². The van der Waals surface area contributed by atoms with Gasteiger partial charge in [0.05, 0.1) is 0 Å². The number of aryl methyl sites for hydroxylation is 1. The van der Waals surface area contributed by atoms with E-state index in [9.17, 15) is 9.90 Å². The monoisotopic (exact) mass is 332 g/mol. The van der Waals surface area contributed by atoms with E-state index in [2.05, 4.69) is 38.2 Å². The lowest BCUT2D eigenvalue weighted by Gasteiger charge is -2.40. The molecule has 1 saturated heterocycles. The zero-order valence-corrected chi connectivity index (χ0v) is 15.3. The van der Waals surface area contributed by atoms with E-state index in [0.717, 1.165) is 32.2 Å². The standard InChI is InChI=1S/C20H32N2O2/c1-4-19(2,3)21-16-20(24)13-9-15-22(18(20)23)14-8-12-17-10-6-5-7-11-17/h5-7,10-11,21,24H,4,8-9,12-16H2,1-3H3. The SMILES string of the molecule is CCC(C)(C)NCC1(O)CCCN(CCCc2ccccc2)C1=O. The Labute approximate surface area is 146 Å². The van der Waals surface area contributed by atoms with Crippen molar-refractivity contribution in [3.8, 4) is 0 Å². The molecule has 0 saturated carbocycles. The molecule has 0 aliphatic carbocycles. The van der Waals surface area contributed by atoms with Gasteiger partial charge in [0.1, 0.15) is 0 Å². The summed E-state index contributed by atoms with van der Waals surface area (Å²) in [5.41, 5.74) is -0.0215. The number of hydrogen-bond acceptors (Lipinski definition) is 3. The van der Waals surface area contributed by atoms with Gasteiger partial charge in [-0.15, -0.1) is 0 Å². The Kier molecular flexibility index (Phi) is 6.41. The van der Waals surface area contributed by atoms with Crippen LogP contribution in [0.5, 0.6) is 0 Å². The molecule has 1 atom stereocenters. The number of rotatable bonds is 8. The van der Waals surface area contributed by atoms with Crippen molar-refractivity contribution in [2.75, 3.05) is 19.6 Å². The summed E-state index contributed by atoms with van der Waals surface area (Å²) in [6.45, 7) is 8.11. The number of amides is 1. The fraction of sp³-hybridized carbons (Fsp3) is 0.650. The number of nitrogens with zero attached hydrogens (tertiary/aromatic N) is 1. The minimum Gasteiger partial charge on any atom is -0.379 e. The van der Waals surface area contributed by atoms with E-state index in [1.807, 2.05) is 23.1 Å². The predicted octanol–water partition coefficient (Wildman–Crippen LogP) is 2.75. The minimum atomic E-state index is -1.25. The van der Waals surface area contributed by atoms with Gasteiger partial charge in [-0.25, -0.2) is 0 Å². The number of nitrogens with one attached hydrogen (secondary N) is 1. The number of β-amino-alcohol motifs (C(OH)–C–C–N with tert-alkyl or cyclic N) is 1. The van der Waals surface area contributed by atoms with E-state index in [-0.39, 0.29) is 11.4 Å². The maximum Gasteiger partial charge on any atom is 0.255 e. The molecular formula is C20H32N2O2. The van der Waals surface area contributed by atoms with Crippen LogP contribution in [0.25, 0.3) is 0 Å². The molecule has 2 N–H and O–H groups in total. The highest BCUT2D eigenvalue weighted by Crippen LogP contribution is 2.23. The second kappa shape index (κ2) is 8.13. The Morgan fingerprint density at radius 2 is 2.00 bits per heavy atom. The molecular weight excluding hydrogens is 300 g/mol. The van der Waals surface area contributed by atoms with Crippen molar-refractivity contribution in [1.29, 1.82) is 0 Å². The number of likely N-dealkylation sites (tertiary alicyclic amines) is 1. The first kappa shape index (κ1) is 18.9. The molecule has 0 spiro atoms. The normalized spacial score (nSPS) is 22.0. The highest BCUT2D eigenvalue weighted by Gasteiger charge is 2.42. The summed E-state index contributed by atoms with van der Waals surface area (Å²) >= 11 is 0. The van der Waals surface area contributed by atoms with E-state index >= 15 is 0 Å². The molecule has 2 rings (SSSR count). The first-order chi connectivity index (χ1) is 11.4. The van der Waals surface area contributed by atoms with Crippen LogP contribution >= 0.6 is 0 Å². The largest absolute Gasteiger partial charge is 0.379 e. The van der Waals surface area contributed by atoms with Crippen molar-refractivity contribution in [2.45, 2.75) is 64.0 Å². The summed E-state index contributed by atoms with van der Waals surface area (Å²) in [5.74, 6) is -0.110. The van der Waals surface area contributed by atoms with Gasteiger partial charge in [0, 0.05) is 25.2 Å². The van der Waals surface area contributed by atoms with Gasteiger partial charge >= 0.3 is 0 Å². The highest BCUT2D eigenvalue weighted by atomic mass is 16.3. The minimum absolute atomic E-state index is 0.0639. The molecule has 1 fully saturated rings. The van der Waals surface area contributed by atoms with Gasteiger partial charge < -0.3 is 15.3 Å². The van der Waals surface area contributed by atoms with Crippen LogP contribution in [-0.4, -0.2) is 46.7 Å². The number of piperidine rings is 1. The van der Waals surface area contributed by atoms with Crippen molar-refractivity contribution in [2.24, 2.45) is 0 Å². The van der Waals surface area contributed by atoms with Crippen molar-refractivity contribution in [1.82, 2.24) is 10.2 Å². The fourth-order valence-electron chi connectivity index (χ4n) is 3.07. The van der Waals surface area contributed by atoms with E-state index in [1.54, 1.807) is 0 Å². The molecule has 1 aromatic carbocycles. The molecule has 0 bridgehead atoms. The molecule has 1 aromatic rings. The van der Waals surface area contributed by atoms with Crippen molar-refractivity contribution in [3.63, 3.8) is 0 Å². The maximum atomic E-state index is 12.7. The number of hydrogen-bond donors (Lipinski definition) is 2. The summed E-state index contributed by atoms with van der Waals surface area (Å²) in [4.78, 5) is 14.6. The maximum absolute atomic E-state index is 12.7. The first-order valence-electron chi connectivity index (χ1n) is 9.17. The summed E-state index contributed by atoms with van der Waals surface area (Å²) in [5, 5.41) is 14.2. The predicted molar refractivity (Wildman–Crippen MR) is 97.9 cm³/mol. The Morgan fingerprint density at radius 1 is 1.29 bits per heavy atom. The van der Waals surface area contributed by atoms with Crippen LogP contribution < -0.4 is 5.32 Å². The highest BCUT2D eigenvalue weighted by molar-refractivity contribution is 5.86. The van der Waals surface area contributed by atoms with Gasteiger partial charge in [-0.3, -0.25) is 4.79 Å². The van der Waals surface area contributed by atoms with E-state index in [4.69, 9.17) is 0 Å². The average Bonchev–Trinajstić information content (AvgIpc) is 2.58.